The number of carbonyl (C=O) groups is 1. The van der Waals surface area contributed by atoms with E-state index in [1.807, 2.05) is 0 Å². The third-order valence-corrected chi connectivity index (χ3v) is 4.29. The average molecular weight is 392 g/mol. The van der Waals surface area contributed by atoms with Crippen molar-refractivity contribution in [3.63, 3.8) is 0 Å². The molecule has 1 amide bonds. The van der Waals surface area contributed by atoms with Crippen LogP contribution in [0.4, 0.5) is 18.9 Å². The van der Waals surface area contributed by atoms with Gasteiger partial charge in [0.25, 0.3) is 5.56 Å². The summed E-state index contributed by atoms with van der Waals surface area (Å²) in [6, 6.07) is 10.2. The first-order chi connectivity index (χ1) is 13.1. The highest BCUT2D eigenvalue weighted by molar-refractivity contribution is 5.92. The van der Waals surface area contributed by atoms with E-state index in [1.165, 1.54) is 19.0 Å². The van der Waals surface area contributed by atoms with Gasteiger partial charge in [0.05, 0.1) is 5.39 Å². The lowest BCUT2D eigenvalue weighted by Gasteiger charge is -2.18. The minimum absolute atomic E-state index is 0.190. The fourth-order valence-electron chi connectivity index (χ4n) is 2.71. The van der Waals surface area contributed by atoms with Crippen molar-refractivity contribution < 1.29 is 18.0 Å². The minimum atomic E-state index is -4.71. The number of halogens is 3. The summed E-state index contributed by atoms with van der Waals surface area (Å²) in [6.45, 7) is -0.562. The fourth-order valence-corrected chi connectivity index (χ4v) is 2.71. The second kappa shape index (κ2) is 6.95. The van der Waals surface area contributed by atoms with E-state index >= 15 is 0 Å². The van der Waals surface area contributed by atoms with E-state index in [1.54, 1.807) is 30.3 Å². The molecule has 2 heterocycles. The lowest BCUT2D eigenvalue weighted by molar-refractivity contribution is -0.141. The number of pyridine rings is 1. The Bertz CT molecular complexity index is 1170. The Labute approximate surface area is 156 Å². The number of para-hydroxylation sites is 1. The molecular formula is C18H15F3N4O3. The lowest BCUT2D eigenvalue weighted by Crippen LogP contribution is -2.44. The molecule has 3 rings (SSSR count). The Morgan fingerprint density at radius 3 is 2.36 bits per heavy atom. The summed E-state index contributed by atoms with van der Waals surface area (Å²) < 4.78 is 40.1. The molecule has 1 aromatic carbocycles. The molecule has 0 fully saturated rings. The number of fused-ring (bicyclic) bond motifs is 1. The van der Waals surface area contributed by atoms with Gasteiger partial charge in [0.2, 0.25) is 5.91 Å². The Balaban J connectivity index is 2.06. The molecule has 0 aliphatic rings. The monoisotopic (exact) mass is 392 g/mol. The first kappa shape index (κ1) is 19.3. The zero-order valence-electron chi connectivity index (χ0n) is 14.9. The second-order valence-electron chi connectivity index (χ2n) is 6.09. The quantitative estimate of drug-likeness (QED) is 0.681. The highest BCUT2D eigenvalue weighted by Gasteiger charge is 2.33. The fraction of sp³-hybridized carbons (Fsp3) is 0.222. The summed E-state index contributed by atoms with van der Waals surface area (Å²) in [5.74, 6) is -0.537. The molecule has 10 heteroatoms. The normalized spacial score (nSPS) is 11.6. The predicted octanol–water partition coefficient (Wildman–Crippen LogP) is 1.78. The molecule has 0 aliphatic carbocycles. The van der Waals surface area contributed by atoms with Gasteiger partial charge in [0.1, 0.15) is 17.9 Å². The number of carbonyl (C=O) groups excluding carboxylic acids is 1. The topological polar surface area (TPSA) is 77.2 Å². The Hall–Kier alpha value is -3.43. The number of likely N-dealkylation sites (N-methyl/N-ethyl adjacent to an activating group) is 1. The van der Waals surface area contributed by atoms with Gasteiger partial charge in [0.15, 0.2) is 0 Å². The molecule has 0 bridgehead atoms. The maximum Gasteiger partial charge on any atom is 0.433 e. The molecule has 0 radical (unpaired) electrons. The van der Waals surface area contributed by atoms with Crippen LogP contribution < -0.4 is 16.1 Å². The van der Waals surface area contributed by atoms with Crippen LogP contribution in [0.2, 0.25) is 0 Å². The summed E-state index contributed by atoms with van der Waals surface area (Å²) in [4.78, 5) is 42.3. The number of alkyl halides is 3. The maximum absolute atomic E-state index is 12.9. The maximum atomic E-state index is 12.9. The number of aryl methyl sites for hydroxylation is 1. The number of anilines is 1. The number of benzene rings is 1. The van der Waals surface area contributed by atoms with Gasteiger partial charge in [-0.1, -0.05) is 18.2 Å². The molecule has 7 nitrogen and oxygen atoms in total. The molecule has 0 spiro atoms. The van der Waals surface area contributed by atoms with Crippen LogP contribution in [0.5, 0.6) is 0 Å². The number of hydrogen-bond acceptors (Lipinski definition) is 4. The second-order valence-corrected chi connectivity index (χ2v) is 6.09. The van der Waals surface area contributed by atoms with Crippen LogP contribution in [0.1, 0.15) is 5.69 Å². The summed E-state index contributed by atoms with van der Waals surface area (Å²) in [5.41, 5.74) is -2.86. The zero-order valence-corrected chi connectivity index (χ0v) is 14.9. The summed E-state index contributed by atoms with van der Waals surface area (Å²) in [7, 11) is 2.69. The van der Waals surface area contributed by atoms with Crippen molar-refractivity contribution >= 4 is 22.6 Å². The van der Waals surface area contributed by atoms with Crippen LogP contribution in [0.25, 0.3) is 11.0 Å². The van der Waals surface area contributed by atoms with E-state index in [0.29, 0.717) is 16.3 Å². The zero-order chi connectivity index (χ0) is 20.6. The van der Waals surface area contributed by atoms with Crippen molar-refractivity contribution in [3.05, 3.63) is 69.0 Å². The lowest BCUT2D eigenvalue weighted by atomic mass is 10.2. The van der Waals surface area contributed by atoms with Gasteiger partial charge in [-0.05, 0) is 24.3 Å². The molecule has 0 aliphatic heterocycles. The van der Waals surface area contributed by atoms with Gasteiger partial charge in [0, 0.05) is 19.8 Å². The van der Waals surface area contributed by atoms with E-state index in [9.17, 15) is 27.6 Å². The number of rotatable bonds is 3. The van der Waals surface area contributed by atoms with E-state index in [2.05, 4.69) is 4.98 Å². The van der Waals surface area contributed by atoms with Crippen LogP contribution >= 0.6 is 0 Å². The number of hydrogen-bond donors (Lipinski definition) is 0. The summed E-state index contributed by atoms with van der Waals surface area (Å²) in [6.07, 6.45) is -4.71. The van der Waals surface area contributed by atoms with Gasteiger partial charge in [-0.3, -0.25) is 18.7 Å². The predicted molar refractivity (Wildman–Crippen MR) is 96.1 cm³/mol. The van der Waals surface area contributed by atoms with Crippen molar-refractivity contribution in [1.29, 1.82) is 0 Å². The number of aromatic nitrogens is 3. The first-order valence-corrected chi connectivity index (χ1v) is 8.10. The van der Waals surface area contributed by atoms with Gasteiger partial charge < -0.3 is 4.90 Å². The van der Waals surface area contributed by atoms with E-state index in [0.717, 1.165) is 10.6 Å². The number of nitrogens with zero attached hydrogens (tertiary/aromatic N) is 4. The highest BCUT2D eigenvalue weighted by atomic mass is 19.4. The molecule has 0 N–H and O–H groups in total. The molecule has 3 aromatic rings. The van der Waals surface area contributed by atoms with Crippen molar-refractivity contribution in [2.75, 3.05) is 11.9 Å². The van der Waals surface area contributed by atoms with Crippen molar-refractivity contribution in [3.8, 4) is 0 Å². The molecular weight excluding hydrogens is 377 g/mol. The van der Waals surface area contributed by atoms with Crippen LogP contribution in [0.15, 0.2) is 52.1 Å². The standard InChI is InChI=1S/C18H15F3N4O3/c1-23(11-6-4-3-5-7-11)14(26)10-25-16(27)12-8-9-13(18(19,20)21)22-15(12)24(2)17(25)28/h3-9H,10H2,1-2H3. The van der Waals surface area contributed by atoms with E-state index < -0.39 is 41.2 Å². The Morgan fingerprint density at radius 2 is 1.75 bits per heavy atom. The molecule has 0 saturated carbocycles. The largest absolute Gasteiger partial charge is 0.433 e. The molecule has 0 saturated heterocycles. The molecule has 0 atom stereocenters. The van der Waals surface area contributed by atoms with E-state index in [-0.39, 0.29) is 5.39 Å². The minimum Gasteiger partial charge on any atom is -0.314 e. The average Bonchev–Trinajstić information content (AvgIpc) is 2.68. The molecule has 0 unspecified atom stereocenters. The van der Waals surface area contributed by atoms with Crippen LogP contribution in [0, 0.1) is 0 Å². The van der Waals surface area contributed by atoms with Crippen LogP contribution in [-0.4, -0.2) is 27.1 Å². The van der Waals surface area contributed by atoms with E-state index in [4.69, 9.17) is 0 Å². The molecule has 146 valence electrons. The smallest absolute Gasteiger partial charge is 0.314 e. The summed E-state index contributed by atoms with van der Waals surface area (Å²) >= 11 is 0. The Morgan fingerprint density at radius 1 is 1.11 bits per heavy atom. The molecule has 2 aromatic heterocycles. The first-order valence-electron chi connectivity index (χ1n) is 8.10. The van der Waals surface area contributed by atoms with Gasteiger partial charge in [-0.15, -0.1) is 0 Å². The van der Waals surface area contributed by atoms with Crippen molar-refractivity contribution in [1.82, 2.24) is 14.1 Å². The third kappa shape index (κ3) is 3.40. The van der Waals surface area contributed by atoms with Crippen LogP contribution in [0.3, 0.4) is 0 Å². The van der Waals surface area contributed by atoms with Crippen LogP contribution in [-0.2, 0) is 24.6 Å². The van der Waals surface area contributed by atoms with Crippen molar-refractivity contribution in [2.45, 2.75) is 12.7 Å². The number of amides is 1. The van der Waals surface area contributed by atoms with Gasteiger partial charge in [-0.2, -0.15) is 13.2 Å². The van der Waals surface area contributed by atoms with Gasteiger partial charge in [-0.25, -0.2) is 9.78 Å². The highest BCUT2D eigenvalue weighted by Crippen LogP contribution is 2.28. The third-order valence-electron chi connectivity index (χ3n) is 4.29. The Kier molecular flexibility index (Phi) is 4.80. The summed E-state index contributed by atoms with van der Waals surface area (Å²) in [5, 5.41) is -0.190. The van der Waals surface area contributed by atoms with Gasteiger partial charge >= 0.3 is 11.9 Å². The SMILES string of the molecule is CN(C(=O)Cn1c(=O)c2ccc(C(F)(F)F)nc2n(C)c1=O)c1ccccc1. The van der Waals surface area contributed by atoms with Crippen molar-refractivity contribution in [2.24, 2.45) is 7.05 Å². The molecule has 28 heavy (non-hydrogen) atoms.